The summed E-state index contributed by atoms with van der Waals surface area (Å²) in [6.07, 6.45) is 6.73. The van der Waals surface area contributed by atoms with Gasteiger partial charge in [-0.2, -0.15) is 4.99 Å². The maximum Gasteiger partial charge on any atom is 0.153 e. The molecule has 0 amide bonds. The maximum atomic E-state index is 14.4. The average molecular weight is 456 g/mol. The van der Waals surface area contributed by atoms with Gasteiger partial charge in [0.05, 0.1) is 10.7 Å². The minimum absolute atomic E-state index is 0.0929. The number of benzene rings is 2. The van der Waals surface area contributed by atoms with Crippen LogP contribution in [0.2, 0.25) is 0 Å². The van der Waals surface area contributed by atoms with Gasteiger partial charge in [-0.1, -0.05) is 43.4 Å². The average Bonchev–Trinajstić information content (AvgIpc) is 2.75. The van der Waals surface area contributed by atoms with E-state index in [1.54, 1.807) is 0 Å². The highest BCUT2D eigenvalue weighted by atomic mass is 32.1. The SMILES string of the molecule is CCCC1CCC(C#Cc2cc(F)c(C#Cc3cc(F)c(N=C=S)c(F)c3)c(F)c2)CC1. The smallest absolute Gasteiger partial charge is 0.153 e. The summed E-state index contributed by atoms with van der Waals surface area (Å²) >= 11 is 4.34. The Bertz CT molecular complexity index is 1120. The molecule has 6 heteroatoms. The molecular weight excluding hydrogens is 434 g/mol. The number of halogens is 4. The van der Waals surface area contributed by atoms with Gasteiger partial charge in [-0.3, -0.25) is 0 Å². The zero-order valence-electron chi connectivity index (χ0n) is 17.6. The normalized spacial score (nSPS) is 17.4. The molecule has 0 aliphatic heterocycles. The quantitative estimate of drug-likeness (QED) is 0.204. The second-order valence-corrected chi connectivity index (χ2v) is 8.01. The molecule has 1 aliphatic carbocycles. The summed E-state index contributed by atoms with van der Waals surface area (Å²) in [5.41, 5.74) is -0.938. The van der Waals surface area contributed by atoms with Crippen molar-refractivity contribution in [1.82, 2.24) is 0 Å². The molecule has 0 saturated heterocycles. The van der Waals surface area contributed by atoms with E-state index < -0.39 is 34.5 Å². The molecule has 1 nitrogen and oxygen atoms in total. The third-order valence-electron chi connectivity index (χ3n) is 5.51. The van der Waals surface area contributed by atoms with Gasteiger partial charge >= 0.3 is 0 Å². The summed E-state index contributed by atoms with van der Waals surface area (Å²) in [5.74, 6) is 7.94. The Balaban J connectivity index is 1.77. The molecule has 0 unspecified atom stereocenters. The largest absolute Gasteiger partial charge is 0.205 e. The Morgan fingerprint density at radius 1 is 0.844 bits per heavy atom. The van der Waals surface area contributed by atoms with Gasteiger partial charge in [0.2, 0.25) is 0 Å². The molecular formula is C26H21F4NS. The molecule has 0 radical (unpaired) electrons. The number of nitrogens with zero attached hydrogens (tertiary/aromatic N) is 1. The van der Waals surface area contributed by atoms with Crippen molar-refractivity contribution in [2.75, 3.05) is 0 Å². The van der Waals surface area contributed by atoms with Crippen LogP contribution in [0.1, 0.15) is 62.1 Å². The lowest BCUT2D eigenvalue weighted by atomic mass is 9.80. The van der Waals surface area contributed by atoms with E-state index in [0.717, 1.165) is 55.9 Å². The molecule has 1 aliphatic rings. The van der Waals surface area contributed by atoms with E-state index in [2.05, 4.69) is 47.8 Å². The third-order valence-corrected chi connectivity index (χ3v) is 5.60. The van der Waals surface area contributed by atoms with Crippen LogP contribution in [-0.4, -0.2) is 5.16 Å². The highest BCUT2D eigenvalue weighted by Gasteiger charge is 2.19. The first-order valence-corrected chi connectivity index (χ1v) is 10.9. The standard InChI is InChI=1S/C26H21F4NS/c1-2-3-17-4-6-18(7-5-17)8-9-19-12-22(27)21(23(28)13-19)11-10-20-14-24(29)26(31-16-32)25(30)15-20/h12-15,17-18H,2-7H2,1H3. The van der Waals surface area contributed by atoms with E-state index >= 15 is 0 Å². The Hall–Kier alpha value is -2.92. The molecule has 1 saturated carbocycles. The van der Waals surface area contributed by atoms with Gasteiger partial charge in [-0.15, -0.1) is 0 Å². The van der Waals surface area contributed by atoms with Crippen molar-refractivity contribution in [3.05, 3.63) is 64.2 Å². The zero-order chi connectivity index (χ0) is 23.1. The first-order valence-electron chi connectivity index (χ1n) is 10.5. The predicted octanol–water partition coefficient (Wildman–Crippen LogP) is 7.34. The van der Waals surface area contributed by atoms with Crippen LogP contribution in [0.4, 0.5) is 23.2 Å². The first-order chi connectivity index (χ1) is 15.4. The van der Waals surface area contributed by atoms with Crippen LogP contribution >= 0.6 is 12.2 Å². The fraction of sp³-hybridized carbons (Fsp3) is 0.346. The topological polar surface area (TPSA) is 12.4 Å². The van der Waals surface area contributed by atoms with Gasteiger partial charge < -0.3 is 0 Å². The Labute approximate surface area is 191 Å². The fourth-order valence-electron chi connectivity index (χ4n) is 3.88. The number of thiocarbonyl (C=S) groups is 1. The van der Waals surface area contributed by atoms with Gasteiger partial charge in [0.25, 0.3) is 0 Å². The van der Waals surface area contributed by atoms with E-state index in [1.165, 1.54) is 12.8 Å². The second kappa shape index (κ2) is 11.1. The highest BCUT2D eigenvalue weighted by Crippen LogP contribution is 2.31. The van der Waals surface area contributed by atoms with E-state index in [9.17, 15) is 17.6 Å². The zero-order valence-corrected chi connectivity index (χ0v) is 18.4. The molecule has 0 bridgehead atoms. The van der Waals surface area contributed by atoms with Crippen LogP contribution in [0.5, 0.6) is 0 Å². The van der Waals surface area contributed by atoms with Crippen molar-refractivity contribution in [2.45, 2.75) is 45.4 Å². The van der Waals surface area contributed by atoms with Crippen LogP contribution in [-0.2, 0) is 0 Å². The van der Waals surface area contributed by atoms with Crippen LogP contribution in [0, 0.1) is 58.8 Å². The van der Waals surface area contributed by atoms with Crippen molar-refractivity contribution in [1.29, 1.82) is 0 Å². The summed E-state index contributed by atoms with van der Waals surface area (Å²) in [6, 6.07) is 4.07. The Morgan fingerprint density at radius 3 is 1.97 bits per heavy atom. The van der Waals surface area contributed by atoms with Crippen LogP contribution < -0.4 is 0 Å². The van der Waals surface area contributed by atoms with E-state index in [1.807, 2.05) is 5.16 Å². The first kappa shape index (κ1) is 23.7. The minimum Gasteiger partial charge on any atom is -0.205 e. The molecule has 0 aromatic heterocycles. The monoisotopic (exact) mass is 455 g/mol. The van der Waals surface area contributed by atoms with Crippen molar-refractivity contribution >= 4 is 23.1 Å². The van der Waals surface area contributed by atoms with Crippen molar-refractivity contribution < 1.29 is 17.6 Å². The van der Waals surface area contributed by atoms with Crippen molar-refractivity contribution in [3.63, 3.8) is 0 Å². The van der Waals surface area contributed by atoms with Gasteiger partial charge in [-0.05, 0) is 68.1 Å². The molecule has 2 aromatic rings. The van der Waals surface area contributed by atoms with Crippen LogP contribution in [0.3, 0.4) is 0 Å². The summed E-state index contributed by atoms with van der Waals surface area (Å²) in [4.78, 5) is 3.30. The molecule has 32 heavy (non-hydrogen) atoms. The third kappa shape index (κ3) is 6.07. The van der Waals surface area contributed by atoms with Gasteiger partial charge in [-0.25, -0.2) is 17.6 Å². The number of hydrogen-bond acceptors (Lipinski definition) is 2. The number of isothiocyanates is 1. The van der Waals surface area contributed by atoms with E-state index in [4.69, 9.17) is 0 Å². The molecule has 164 valence electrons. The summed E-state index contributed by atoms with van der Waals surface area (Å²) in [6.45, 7) is 2.19. The molecule has 0 spiro atoms. The Kier molecular flexibility index (Phi) is 8.23. The van der Waals surface area contributed by atoms with E-state index in [0.29, 0.717) is 0 Å². The van der Waals surface area contributed by atoms with Gasteiger partial charge in [0.1, 0.15) is 17.3 Å². The molecule has 0 N–H and O–H groups in total. The molecule has 2 aromatic carbocycles. The van der Waals surface area contributed by atoms with Crippen molar-refractivity contribution in [3.8, 4) is 23.7 Å². The van der Waals surface area contributed by atoms with E-state index in [-0.39, 0.29) is 17.0 Å². The fourth-order valence-corrected chi connectivity index (χ4v) is 3.97. The summed E-state index contributed by atoms with van der Waals surface area (Å²) in [7, 11) is 0. The molecule has 1 fully saturated rings. The minimum atomic E-state index is -0.998. The number of aliphatic imine (C=N–C) groups is 1. The highest BCUT2D eigenvalue weighted by molar-refractivity contribution is 7.78. The Morgan fingerprint density at radius 2 is 1.41 bits per heavy atom. The summed E-state index contributed by atoms with van der Waals surface area (Å²) < 4.78 is 56.7. The number of hydrogen-bond donors (Lipinski definition) is 0. The van der Waals surface area contributed by atoms with Crippen LogP contribution in [0.15, 0.2) is 29.3 Å². The lowest BCUT2D eigenvalue weighted by Gasteiger charge is -2.25. The second-order valence-electron chi connectivity index (χ2n) is 7.83. The van der Waals surface area contributed by atoms with Crippen LogP contribution in [0.25, 0.3) is 0 Å². The van der Waals surface area contributed by atoms with Gasteiger partial charge in [0.15, 0.2) is 11.6 Å². The lowest BCUT2D eigenvalue weighted by molar-refractivity contribution is 0.300. The predicted molar refractivity (Wildman–Crippen MR) is 121 cm³/mol. The van der Waals surface area contributed by atoms with Crippen molar-refractivity contribution in [2.24, 2.45) is 16.8 Å². The number of rotatable bonds is 3. The lowest BCUT2D eigenvalue weighted by Crippen LogP contribution is -2.13. The molecule has 0 atom stereocenters. The molecule has 0 heterocycles. The molecule has 3 rings (SSSR count). The summed E-state index contributed by atoms with van der Waals surface area (Å²) in [5, 5.41) is 1.88. The maximum absolute atomic E-state index is 14.4. The van der Waals surface area contributed by atoms with Gasteiger partial charge in [0, 0.05) is 17.0 Å².